The Kier molecular flexibility index (Phi) is 5.49. The normalized spacial score (nSPS) is 21.6. The zero-order chi connectivity index (χ0) is 14.5. The monoisotopic (exact) mass is 267 g/mol. The number of nitrogens with zero attached hydrogens (tertiary/aromatic N) is 3. The summed E-state index contributed by atoms with van der Waals surface area (Å²) >= 11 is 0. The Hall–Kier alpha value is -1.41. The molecule has 1 amide bonds. The summed E-state index contributed by atoms with van der Waals surface area (Å²) in [4.78, 5) is 15.9. The summed E-state index contributed by atoms with van der Waals surface area (Å²) in [6, 6.07) is 2.02. The minimum atomic E-state index is -0.642. The van der Waals surface area contributed by atoms with Gasteiger partial charge in [-0.15, -0.1) is 0 Å². The van der Waals surface area contributed by atoms with Crippen molar-refractivity contribution in [2.45, 2.75) is 38.8 Å². The van der Waals surface area contributed by atoms with Crippen LogP contribution in [0.4, 0.5) is 4.39 Å². The third-order valence-corrected chi connectivity index (χ3v) is 3.39. The van der Waals surface area contributed by atoms with E-state index in [2.05, 4.69) is 31.7 Å². The molecule has 0 aromatic carbocycles. The summed E-state index contributed by atoms with van der Waals surface area (Å²) in [7, 11) is 0. The fourth-order valence-corrected chi connectivity index (χ4v) is 2.28. The second-order valence-corrected chi connectivity index (χ2v) is 5.72. The molecule has 0 saturated carbocycles. The molecule has 1 rings (SSSR count). The molecule has 0 bridgehead atoms. The third-order valence-electron chi connectivity index (χ3n) is 3.39. The van der Waals surface area contributed by atoms with Crippen LogP contribution < -0.4 is 0 Å². The summed E-state index contributed by atoms with van der Waals surface area (Å²) < 4.78 is 12.1. The highest BCUT2D eigenvalue weighted by atomic mass is 19.1. The lowest BCUT2D eigenvalue weighted by Crippen LogP contribution is -2.59. The first-order chi connectivity index (χ1) is 8.90. The number of carbonyl (C=O) groups excluding carboxylic acids is 1. The maximum absolute atomic E-state index is 12.1. The number of hydrogen-bond donors (Lipinski definition) is 0. The van der Waals surface area contributed by atoms with Gasteiger partial charge < -0.3 is 4.90 Å². The molecular weight excluding hydrogens is 245 g/mol. The van der Waals surface area contributed by atoms with Gasteiger partial charge in [0.1, 0.15) is 6.67 Å². The fraction of sp³-hybridized carbons (Fsp3) is 0.714. The van der Waals surface area contributed by atoms with Gasteiger partial charge >= 0.3 is 0 Å². The first kappa shape index (κ1) is 15.6. The summed E-state index contributed by atoms with van der Waals surface area (Å²) in [6.45, 7) is 7.77. The van der Waals surface area contributed by atoms with Gasteiger partial charge in [0.15, 0.2) is 0 Å². The van der Waals surface area contributed by atoms with Gasteiger partial charge in [-0.2, -0.15) is 5.26 Å². The maximum Gasteiger partial charge on any atom is 0.246 e. The van der Waals surface area contributed by atoms with Crippen molar-refractivity contribution in [3.63, 3.8) is 0 Å². The van der Waals surface area contributed by atoms with Crippen LogP contribution in [-0.4, -0.2) is 53.6 Å². The van der Waals surface area contributed by atoms with E-state index < -0.39 is 6.67 Å². The number of alkyl halides is 1. The van der Waals surface area contributed by atoms with Gasteiger partial charge in [-0.05, 0) is 26.8 Å². The number of rotatable bonds is 3. The quantitative estimate of drug-likeness (QED) is 0.732. The van der Waals surface area contributed by atoms with Crippen molar-refractivity contribution >= 4 is 5.91 Å². The summed E-state index contributed by atoms with van der Waals surface area (Å²) in [6.07, 6.45) is 2.78. The average Bonchev–Trinajstić information content (AvgIpc) is 2.35. The Morgan fingerprint density at radius 1 is 1.47 bits per heavy atom. The van der Waals surface area contributed by atoms with Crippen LogP contribution in [0.1, 0.15) is 27.2 Å². The molecule has 1 aliphatic rings. The number of allylic oxidation sites excluding steroid dienone is 1. The van der Waals surface area contributed by atoms with Gasteiger partial charge in [0.25, 0.3) is 0 Å². The predicted octanol–water partition coefficient (Wildman–Crippen LogP) is 1.74. The molecule has 1 aliphatic heterocycles. The largest absolute Gasteiger partial charge is 0.333 e. The van der Waals surface area contributed by atoms with Crippen LogP contribution in [0, 0.1) is 11.3 Å². The van der Waals surface area contributed by atoms with Crippen LogP contribution in [0.15, 0.2) is 12.2 Å². The summed E-state index contributed by atoms with van der Waals surface area (Å²) in [5, 5.41) is 8.90. The van der Waals surface area contributed by atoms with Gasteiger partial charge in [0, 0.05) is 31.2 Å². The van der Waals surface area contributed by atoms with Crippen molar-refractivity contribution in [1.82, 2.24) is 9.80 Å². The summed E-state index contributed by atoms with van der Waals surface area (Å²) in [5.74, 6) is -0.202. The van der Waals surface area contributed by atoms with Crippen molar-refractivity contribution in [3.8, 4) is 6.07 Å². The molecule has 5 heteroatoms. The lowest BCUT2D eigenvalue weighted by atomic mass is 10.0. The minimum absolute atomic E-state index is 0.0254. The van der Waals surface area contributed by atoms with Crippen LogP contribution in [0.3, 0.4) is 0 Å². The van der Waals surface area contributed by atoms with Crippen molar-refractivity contribution < 1.29 is 9.18 Å². The van der Waals surface area contributed by atoms with E-state index in [0.717, 1.165) is 6.54 Å². The Bertz CT molecular complexity index is 381. The maximum atomic E-state index is 12.1. The van der Waals surface area contributed by atoms with Crippen LogP contribution in [0.5, 0.6) is 0 Å². The average molecular weight is 267 g/mol. The number of carbonyl (C=O) groups is 1. The lowest BCUT2D eigenvalue weighted by Gasteiger charge is -2.46. The molecule has 1 unspecified atom stereocenters. The van der Waals surface area contributed by atoms with Crippen LogP contribution in [0.25, 0.3) is 0 Å². The molecule has 0 N–H and O–H groups in total. The second-order valence-electron chi connectivity index (χ2n) is 5.72. The molecule has 1 fully saturated rings. The van der Waals surface area contributed by atoms with Gasteiger partial charge in [0.05, 0.1) is 18.5 Å². The number of amides is 1. The second kappa shape index (κ2) is 6.67. The molecule has 0 radical (unpaired) electrons. The Balaban J connectivity index is 2.77. The van der Waals surface area contributed by atoms with Crippen LogP contribution in [0.2, 0.25) is 0 Å². The zero-order valence-corrected chi connectivity index (χ0v) is 11.9. The first-order valence-corrected chi connectivity index (χ1v) is 6.55. The standard InChI is InChI=1S/C14H22FN3O/c1-14(2,3)17-9-10-18(12(11-17)6-8-16)13(19)5-4-7-15/h4-5,12H,6-7,9-11H2,1-3H3/b5-4+. The minimum Gasteiger partial charge on any atom is -0.333 e. The molecule has 19 heavy (non-hydrogen) atoms. The molecule has 0 aliphatic carbocycles. The lowest BCUT2D eigenvalue weighted by molar-refractivity contribution is -0.131. The number of hydrogen-bond acceptors (Lipinski definition) is 3. The topological polar surface area (TPSA) is 47.3 Å². The summed E-state index contributed by atoms with van der Waals surface area (Å²) in [5.41, 5.74) is 0.0254. The predicted molar refractivity (Wildman–Crippen MR) is 72.2 cm³/mol. The van der Waals surface area contributed by atoms with Crippen molar-refractivity contribution in [3.05, 3.63) is 12.2 Å². The number of piperazine rings is 1. The molecule has 0 aromatic rings. The highest BCUT2D eigenvalue weighted by molar-refractivity contribution is 5.88. The van der Waals surface area contributed by atoms with Crippen LogP contribution in [-0.2, 0) is 4.79 Å². The van der Waals surface area contributed by atoms with E-state index in [0.29, 0.717) is 19.5 Å². The van der Waals surface area contributed by atoms with E-state index in [1.165, 1.54) is 12.2 Å². The van der Waals surface area contributed by atoms with Gasteiger partial charge in [-0.25, -0.2) is 4.39 Å². The molecule has 1 heterocycles. The van der Waals surface area contributed by atoms with Gasteiger partial charge in [0.2, 0.25) is 5.91 Å². The smallest absolute Gasteiger partial charge is 0.246 e. The van der Waals surface area contributed by atoms with Gasteiger partial charge in [-0.3, -0.25) is 9.69 Å². The highest BCUT2D eigenvalue weighted by Gasteiger charge is 2.33. The van der Waals surface area contributed by atoms with E-state index in [4.69, 9.17) is 5.26 Å². The van der Waals surface area contributed by atoms with E-state index in [-0.39, 0.29) is 17.5 Å². The zero-order valence-electron chi connectivity index (χ0n) is 11.9. The molecule has 0 spiro atoms. The van der Waals surface area contributed by atoms with E-state index in [9.17, 15) is 9.18 Å². The Morgan fingerprint density at radius 3 is 2.68 bits per heavy atom. The van der Waals surface area contributed by atoms with Gasteiger partial charge in [-0.1, -0.05) is 0 Å². The third kappa shape index (κ3) is 4.32. The number of nitriles is 1. The van der Waals surface area contributed by atoms with Crippen LogP contribution >= 0.6 is 0 Å². The molecule has 4 nitrogen and oxygen atoms in total. The van der Waals surface area contributed by atoms with Crippen molar-refractivity contribution in [2.24, 2.45) is 0 Å². The van der Waals surface area contributed by atoms with Crippen molar-refractivity contribution in [1.29, 1.82) is 5.26 Å². The Morgan fingerprint density at radius 2 is 2.16 bits per heavy atom. The van der Waals surface area contributed by atoms with Crippen molar-refractivity contribution in [2.75, 3.05) is 26.3 Å². The van der Waals surface area contributed by atoms with E-state index in [1.54, 1.807) is 4.90 Å². The molecule has 106 valence electrons. The first-order valence-electron chi connectivity index (χ1n) is 6.55. The molecule has 1 atom stereocenters. The Labute approximate surface area is 114 Å². The number of halogens is 1. The van der Waals surface area contributed by atoms with E-state index >= 15 is 0 Å². The highest BCUT2D eigenvalue weighted by Crippen LogP contribution is 2.21. The molecule has 0 aromatic heterocycles. The SMILES string of the molecule is CC(C)(C)N1CCN(C(=O)/C=C/CF)C(CC#N)C1. The molecular formula is C14H22FN3O. The molecule has 1 saturated heterocycles. The van der Waals surface area contributed by atoms with E-state index in [1.807, 2.05) is 0 Å². The fourth-order valence-electron chi connectivity index (χ4n) is 2.28.